The highest BCUT2D eigenvalue weighted by Gasteiger charge is 2.25. The van der Waals surface area contributed by atoms with E-state index in [4.69, 9.17) is 9.47 Å². The molecule has 0 spiro atoms. The molecule has 4 aromatic rings. The van der Waals surface area contributed by atoms with Gasteiger partial charge in [0.2, 0.25) is 0 Å². The van der Waals surface area contributed by atoms with Gasteiger partial charge in [-0.05, 0) is 53.9 Å². The monoisotopic (exact) mass is 580 g/mol. The first-order valence-corrected chi connectivity index (χ1v) is 14.2. The summed E-state index contributed by atoms with van der Waals surface area (Å²) in [5.74, 6) is 1.43. The van der Waals surface area contributed by atoms with E-state index in [0.717, 1.165) is 43.1 Å². The van der Waals surface area contributed by atoms with Crippen molar-refractivity contribution in [1.82, 2.24) is 25.5 Å². The first-order chi connectivity index (χ1) is 20.9. The Bertz CT molecular complexity index is 1590. The lowest BCUT2D eigenvalue weighted by molar-refractivity contribution is 0.0934. The van der Waals surface area contributed by atoms with Gasteiger partial charge in [-0.15, -0.1) is 0 Å². The molecule has 1 aliphatic heterocycles. The van der Waals surface area contributed by atoms with Crippen molar-refractivity contribution >= 4 is 17.6 Å². The molecule has 10 nitrogen and oxygen atoms in total. The SMILES string of the molecule is CNC(=O)c1nc(-c2cccc(C(=O)NC3CCN(Cc4cccc(OC)c4)C3)c2)cnc1NCc1cccc(OC)c1. The number of carbonyl (C=O) groups is 2. The van der Waals surface area contributed by atoms with Gasteiger partial charge in [0.25, 0.3) is 11.8 Å². The standard InChI is InChI=1S/C33H36N6O4/c1-34-33(41)30-31(35-18-22-7-4-11-27(15-22)42-2)36-19-29(38-30)24-9-6-10-25(17-24)32(40)37-26-13-14-39(21-26)20-23-8-5-12-28(16-23)43-3/h4-12,15-17,19,26H,13-14,18,20-21H2,1-3H3,(H,34,41)(H,35,36)(H,37,40). The van der Waals surface area contributed by atoms with Gasteiger partial charge in [-0.1, -0.05) is 36.4 Å². The number of ether oxygens (including phenoxy) is 2. The molecule has 1 saturated heterocycles. The maximum absolute atomic E-state index is 13.2. The van der Waals surface area contributed by atoms with Gasteiger partial charge >= 0.3 is 0 Å². The Kier molecular flexibility index (Phi) is 9.48. The number of aromatic nitrogens is 2. The van der Waals surface area contributed by atoms with Gasteiger partial charge in [0.15, 0.2) is 11.5 Å². The van der Waals surface area contributed by atoms with E-state index in [1.807, 2.05) is 54.6 Å². The molecule has 1 fully saturated rings. The summed E-state index contributed by atoms with van der Waals surface area (Å²) in [7, 11) is 4.83. The number of rotatable bonds is 11. The van der Waals surface area contributed by atoms with Gasteiger partial charge in [0.05, 0.1) is 26.1 Å². The minimum Gasteiger partial charge on any atom is -0.497 e. The molecule has 2 amide bonds. The fourth-order valence-corrected chi connectivity index (χ4v) is 5.11. The van der Waals surface area contributed by atoms with Crippen LogP contribution in [0.1, 0.15) is 38.4 Å². The van der Waals surface area contributed by atoms with Gasteiger partial charge in [-0.2, -0.15) is 0 Å². The van der Waals surface area contributed by atoms with E-state index < -0.39 is 0 Å². The first-order valence-electron chi connectivity index (χ1n) is 14.2. The summed E-state index contributed by atoms with van der Waals surface area (Å²) in [6.45, 7) is 2.91. The molecular weight excluding hydrogens is 544 g/mol. The van der Waals surface area contributed by atoms with Gasteiger partial charge in [0.1, 0.15) is 11.5 Å². The van der Waals surface area contributed by atoms with E-state index in [9.17, 15) is 9.59 Å². The second kappa shape index (κ2) is 13.8. The molecular formula is C33H36N6O4. The third kappa shape index (κ3) is 7.47. The molecule has 0 bridgehead atoms. The van der Waals surface area contributed by atoms with Gasteiger partial charge in [0, 0.05) is 50.4 Å². The zero-order valence-corrected chi connectivity index (χ0v) is 24.6. The van der Waals surface area contributed by atoms with Crippen LogP contribution in [0.3, 0.4) is 0 Å². The third-order valence-electron chi connectivity index (χ3n) is 7.38. The molecule has 10 heteroatoms. The van der Waals surface area contributed by atoms with Crippen LogP contribution in [0, 0.1) is 0 Å². The number of carbonyl (C=O) groups excluding carboxylic acids is 2. The number of methoxy groups -OCH3 is 2. The van der Waals surface area contributed by atoms with Crippen molar-refractivity contribution in [3.63, 3.8) is 0 Å². The normalized spacial score (nSPS) is 14.6. The Morgan fingerprint density at radius 2 is 1.65 bits per heavy atom. The number of likely N-dealkylation sites (tertiary alicyclic amines) is 1. The molecule has 3 aromatic carbocycles. The van der Waals surface area contributed by atoms with E-state index in [2.05, 4.69) is 36.9 Å². The van der Waals surface area contributed by atoms with Gasteiger partial charge in [-0.25, -0.2) is 9.97 Å². The predicted octanol–water partition coefficient (Wildman–Crippen LogP) is 4.14. The highest BCUT2D eigenvalue weighted by atomic mass is 16.5. The molecule has 1 aromatic heterocycles. The first kappa shape index (κ1) is 29.5. The number of benzene rings is 3. The Labute approximate surface area is 251 Å². The summed E-state index contributed by atoms with van der Waals surface area (Å²) < 4.78 is 10.6. The number of nitrogens with zero attached hydrogens (tertiary/aromatic N) is 3. The van der Waals surface area contributed by atoms with Crippen LogP contribution in [0.5, 0.6) is 11.5 Å². The fourth-order valence-electron chi connectivity index (χ4n) is 5.11. The molecule has 0 saturated carbocycles. The number of hydrogen-bond donors (Lipinski definition) is 3. The second-order valence-electron chi connectivity index (χ2n) is 10.4. The molecule has 222 valence electrons. The van der Waals surface area contributed by atoms with Crippen molar-refractivity contribution in [2.75, 3.05) is 39.7 Å². The number of hydrogen-bond acceptors (Lipinski definition) is 8. The van der Waals surface area contributed by atoms with Crippen LogP contribution in [0.4, 0.5) is 5.82 Å². The Morgan fingerprint density at radius 1 is 0.930 bits per heavy atom. The van der Waals surface area contributed by atoms with Crippen molar-refractivity contribution in [2.24, 2.45) is 0 Å². The van der Waals surface area contributed by atoms with E-state index in [1.54, 1.807) is 39.6 Å². The fraction of sp³-hybridized carbons (Fsp3) is 0.273. The Hall–Kier alpha value is -4.96. The molecule has 0 aliphatic carbocycles. The molecule has 1 aliphatic rings. The zero-order chi connectivity index (χ0) is 30.2. The predicted molar refractivity (Wildman–Crippen MR) is 165 cm³/mol. The van der Waals surface area contributed by atoms with Crippen LogP contribution in [-0.2, 0) is 13.1 Å². The van der Waals surface area contributed by atoms with Crippen LogP contribution in [0.15, 0.2) is 79.0 Å². The molecule has 0 radical (unpaired) electrons. The summed E-state index contributed by atoms with van der Waals surface area (Å²) in [6.07, 6.45) is 2.48. The lowest BCUT2D eigenvalue weighted by atomic mass is 10.1. The maximum Gasteiger partial charge on any atom is 0.273 e. The van der Waals surface area contributed by atoms with Gasteiger partial charge < -0.3 is 25.4 Å². The average molecular weight is 581 g/mol. The number of amides is 2. The van der Waals surface area contributed by atoms with Crippen molar-refractivity contribution in [2.45, 2.75) is 25.6 Å². The number of nitrogens with one attached hydrogen (secondary N) is 3. The second-order valence-corrected chi connectivity index (χ2v) is 10.4. The Morgan fingerprint density at radius 3 is 2.40 bits per heavy atom. The highest BCUT2D eigenvalue weighted by Crippen LogP contribution is 2.23. The minimum atomic E-state index is -0.365. The topological polar surface area (TPSA) is 118 Å². The summed E-state index contributed by atoms with van der Waals surface area (Å²) in [5.41, 5.74) is 4.02. The summed E-state index contributed by atoms with van der Waals surface area (Å²) in [4.78, 5) is 37.4. The van der Waals surface area contributed by atoms with Crippen LogP contribution in [-0.4, -0.2) is 67.1 Å². The van der Waals surface area contributed by atoms with Crippen LogP contribution in [0.2, 0.25) is 0 Å². The van der Waals surface area contributed by atoms with Crippen molar-refractivity contribution in [3.05, 3.63) is 101 Å². The molecule has 1 atom stereocenters. The van der Waals surface area contributed by atoms with E-state index >= 15 is 0 Å². The lowest BCUT2D eigenvalue weighted by Gasteiger charge is -2.17. The third-order valence-corrected chi connectivity index (χ3v) is 7.38. The molecule has 2 heterocycles. The van der Waals surface area contributed by atoms with Crippen LogP contribution < -0.4 is 25.4 Å². The quantitative estimate of drug-likeness (QED) is 0.242. The summed E-state index contributed by atoms with van der Waals surface area (Å²) in [5, 5.41) is 9.02. The molecule has 3 N–H and O–H groups in total. The molecule has 43 heavy (non-hydrogen) atoms. The average Bonchev–Trinajstić information content (AvgIpc) is 3.49. The van der Waals surface area contributed by atoms with Crippen molar-refractivity contribution in [3.8, 4) is 22.8 Å². The highest BCUT2D eigenvalue weighted by molar-refractivity contribution is 5.98. The molecule has 5 rings (SSSR count). The maximum atomic E-state index is 13.2. The minimum absolute atomic E-state index is 0.0522. The van der Waals surface area contributed by atoms with E-state index in [-0.39, 0.29) is 23.6 Å². The van der Waals surface area contributed by atoms with Crippen LogP contribution >= 0.6 is 0 Å². The smallest absolute Gasteiger partial charge is 0.273 e. The summed E-state index contributed by atoms with van der Waals surface area (Å²) in [6, 6.07) is 23.0. The lowest BCUT2D eigenvalue weighted by Crippen LogP contribution is -2.37. The van der Waals surface area contributed by atoms with E-state index in [0.29, 0.717) is 29.2 Å². The van der Waals surface area contributed by atoms with Crippen molar-refractivity contribution < 1.29 is 19.1 Å². The van der Waals surface area contributed by atoms with Crippen molar-refractivity contribution in [1.29, 1.82) is 0 Å². The zero-order valence-electron chi connectivity index (χ0n) is 24.6. The van der Waals surface area contributed by atoms with Gasteiger partial charge in [-0.3, -0.25) is 14.5 Å². The largest absolute Gasteiger partial charge is 0.497 e. The van der Waals surface area contributed by atoms with E-state index in [1.165, 1.54) is 5.56 Å². The molecule has 1 unspecified atom stereocenters. The van der Waals surface area contributed by atoms with Crippen LogP contribution in [0.25, 0.3) is 11.3 Å². The number of anilines is 1. The summed E-state index contributed by atoms with van der Waals surface area (Å²) >= 11 is 0. The Balaban J connectivity index is 1.25.